The van der Waals surface area contributed by atoms with Crippen molar-refractivity contribution in [1.82, 2.24) is 4.98 Å². The number of halogens is 2. The Morgan fingerprint density at radius 3 is 2.43 bits per heavy atom. The number of fused-ring (bicyclic) bond motifs is 1. The van der Waals surface area contributed by atoms with Crippen molar-refractivity contribution in [3.05, 3.63) is 100 Å². The summed E-state index contributed by atoms with van der Waals surface area (Å²) in [5.74, 6) is 1.34. The zero-order valence-corrected chi connectivity index (χ0v) is 22.0. The molecule has 0 aliphatic rings. The van der Waals surface area contributed by atoms with Crippen LogP contribution >= 0.6 is 23.2 Å². The second kappa shape index (κ2) is 9.92. The summed E-state index contributed by atoms with van der Waals surface area (Å²) in [6.45, 7) is 6.53. The van der Waals surface area contributed by atoms with Crippen LogP contribution in [0.1, 0.15) is 32.1 Å². The molecular weight excluding hydrogens is 507 g/mol. The molecule has 1 amide bonds. The van der Waals surface area contributed by atoms with Gasteiger partial charge < -0.3 is 14.2 Å². The molecule has 0 aliphatic carbocycles. The lowest BCUT2D eigenvalue weighted by Crippen LogP contribution is -2.10. The highest BCUT2D eigenvalue weighted by molar-refractivity contribution is 6.36. The average Bonchev–Trinajstić information content (AvgIpc) is 3.49. The minimum atomic E-state index is -0.302. The molecule has 37 heavy (non-hydrogen) atoms. The minimum absolute atomic E-state index is 0.0744. The van der Waals surface area contributed by atoms with E-state index in [1.165, 1.54) is 11.6 Å². The highest BCUT2D eigenvalue weighted by Crippen LogP contribution is 2.32. The van der Waals surface area contributed by atoms with E-state index in [0.717, 1.165) is 11.1 Å². The molecule has 5 rings (SSSR count). The second-order valence-corrected chi connectivity index (χ2v) is 10.5. The van der Waals surface area contributed by atoms with Crippen LogP contribution in [0.15, 0.2) is 87.7 Å². The highest BCUT2D eigenvalue weighted by Gasteiger charge is 2.15. The molecule has 5 aromatic rings. The van der Waals surface area contributed by atoms with Gasteiger partial charge in [-0.25, -0.2) is 4.98 Å². The van der Waals surface area contributed by atoms with Crippen molar-refractivity contribution in [2.75, 3.05) is 5.32 Å². The van der Waals surface area contributed by atoms with Crippen LogP contribution in [-0.2, 0) is 10.2 Å². The second-order valence-electron chi connectivity index (χ2n) is 9.68. The molecular formula is C30H24Cl2N2O3. The number of amides is 1. The van der Waals surface area contributed by atoms with Crippen LogP contribution in [0.25, 0.3) is 40.0 Å². The number of rotatable bonds is 5. The van der Waals surface area contributed by atoms with Crippen LogP contribution < -0.4 is 5.32 Å². The molecule has 2 heterocycles. The number of carbonyl (C=O) groups excluding carboxylic acids is 1. The van der Waals surface area contributed by atoms with E-state index in [1.807, 2.05) is 12.1 Å². The highest BCUT2D eigenvalue weighted by atomic mass is 35.5. The normalized spacial score (nSPS) is 11.9. The molecule has 0 unspecified atom stereocenters. The third-order valence-electron chi connectivity index (χ3n) is 5.88. The summed E-state index contributed by atoms with van der Waals surface area (Å²) in [5.41, 5.74) is 4.85. The fourth-order valence-corrected chi connectivity index (χ4v) is 4.36. The number of nitrogens with zero attached hydrogens (tertiary/aromatic N) is 1. The molecule has 0 saturated carbocycles. The van der Waals surface area contributed by atoms with Crippen molar-refractivity contribution in [3.8, 4) is 22.8 Å². The fraction of sp³-hybridized carbons (Fsp3) is 0.133. The summed E-state index contributed by atoms with van der Waals surface area (Å²) in [5, 5.41) is 3.88. The Morgan fingerprint density at radius 2 is 1.70 bits per heavy atom. The number of anilines is 1. The van der Waals surface area contributed by atoms with E-state index in [1.54, 1.807) is 54.6 Å². The maximum atomic E-state index is 12.5. The van der Waals surface area contributed by atoms with Crippen LogP contribution in [0.4, 0.5) is 5.69 Å². The van der Waals surface area contributed by atoms with Gasteiger partial charge in [-0.05, 0) is 77.7 Å². The topological polar surface area (TPSA) is 68.3 Å². The molecule has 7 heteroatoms. The molecule has 5 nitrogen and oxygen atoms in total. The van der Waals surface area contributed by atoms with E-state index in [4.69, 9.17) is 32.0 Å². The number of furan rings is 1. The third kappa shape index (κ3) is 5.63. The average molecular weight is 531 g/mol. The SMILES string of the molecule is CC(C)(C)c1ccc(-c2nc3cc(NC(=O)/C=C\c4ccc(-c5ccc(Cl)cc5Cl)o4)ccc3o2)cc1. The molecule has 0 bridgehead atoms. The smallest absolute Gasteiger partial charge is 0.248 e. The Bertz CT molecular complexity index is 1620. The monoisotopic (exact) mass is 530 g/mol. The molecule has 0 atom stereocenters. The minimum Gasteiger partial charge on any atom is -0.457 e. The predicted molar refractivity (Wildman–Crippen MR) is 150 cm³/mol. The van der Waals surface area contributed by atoms with E-state index in [2.05, 4.69) is 43.2 Å². The van der Waals surface area contributed by atoms with Crippen molar-refractivity contribution in [1.29, 1.82) is 0 Å². The third-order valence-corrected chi connectivity index (χ3v) is 6.42. The molecule has 0 aliphatic heterocycles. The van der Waals surface area contributed by atoms with Gasteiger partial charge in [-0.2, -0.15) is 0 Å². The first kappa shape index (κ1) is 24.9. The maximum Gasteiger partial charge on any atom is 0.248 e. The molecule has 0 saturated heterocycles. The number of benzene rings is 3. The number of carbonyl (C=O) groups is 1. The molecule has 0 fully saturated rings. The largest absolute Gasteiger partial charge is 0.457 e. The van der Waals surface area contributed by atoms with E-state index >= 15 is 0 Å². The van der Waals surface area contributed by atoms with E-state index in [0.29, 0.717) is 44.2 Å². The zero-order valence-electron chi connectivity index (χ0n) is 20.5. The predicted octanol–water partition coefficient (Wildman–Crippen LogP) is 9.01. The molecule has 0 spiro atoms. The van der Waals surface area contributed by atoms with Gasteiger partial charge in [0.1, 0.15) is 17.0 Å². The lowest BCUT2D eigenvalue weighted by molar-refractivity contribution is -0.111. The number of oxazole rings is 1. The Labute approximate surface area is 224 Å². The van der Waals surface area contributed by atoms with Gasteiger partial charge in [0.05, 0.1) is 5.02 Å². The Hall–Kier alpha value is -3.80. The molecule has 3 aromatic carbocycles. The van der Waals surface area contributed by atoms with E-state index in [-0.39, 0.29) is 11.3 Å². The van der Waals surface area contributed by atoms with Crippen molar-refractivity contribution in [3.63, 3.8) is 0 Å². The Kier molecular flexibility index (Phi) is 6.67. The number of hydrogen-bond acceptors (Lipinski definition) is 4. The number of nitrogens with one attached hydrogen (secondary N) is 1. The van der Waals surface area contributed by atoms with Crippen LogP contribution in [-0.4, -0.2) is 10.9 Å². The van der Waals surface area contributed by atoms with Gasteiger partial charge in [0.2, 0.25) is 11.8 Å². The maximum absolute atomic E-state index is 12.5. The Morgan fingerprint density at radius 1 is 0.919 bits per heavy atom. The summed E-state index contributed by atoms with van der Waals surface area (Å²) in [7, 11) is 0. The van der Waals surface area contributed by atoms with Gasteiger partial charge >= 0.3 is 0 Å². The lowest BCUT2D eigenvalue weighted by Gasteiger charge is -2.18. The molecule has 0 radical (unpaired) electrons. The van der Waals surface area contributed by atoms with Gasteiger partial charge in [-0.1, -0.05) is 56.1 Å². The molecule has 186 valence electrons. The standard InChI is InChI=1S/C30H24Cl2N2O3/c1-30(2,3)19-6-4-18(5-7-19)29-34-25-17-21(9-13-27(25)37-29)33-28(35)15-11-22-10-14-26(36-22)23-12-8-20(31)16-24(23)32/h4-17H,1-3H3,(H,33,35)/b15-11-. The van der Waals surface area contributed by atoms with Gasteiger partial charge in [-0.15, -0.1) is 0 Å². The summed E-state index contributed by atoms with van der Waals surface area (Å²) in [4.78, 5) is 17.1. The van der Waals surface area contributed by atoms with Crippen molar-refractivity contribution >= 4 is 52.0 Å². The van der Waals surface area contributed by atoms with Gasteiger partial charge in [0, 0.05) is 27.9 Å². The first-order chi connectivity index (χ1) is 17.7. The fourth-order valence-electron chi connectivity index (χ4n) is 3.86. The number of aromatic nitrogens is 1. The van der Waals surface area contributed by atoms with Crippen molar-refractivity contribution in [2.24, 2.45) is 0 Å². The molecule has 2 aromatic heterocycles. The summed E-state index contributed by atoms with van der Waals surface area (Å²) in [6.07, 6.45) is 3.00. The first-order valence-electron chi connectivity index (χ1n) is 11.7. The number of hydrogen-bond donors (Lipinski definition) is 1. The quantitative estimate of drug-likeness (QED) is 0.230. The molecule has 1 N–H and O–H groups in total. The van der Waals surface area contributed by atoms with Crippen LogP contribution in [0.2, 0.25) is 10.0 Å². The van der Waals surface area contributed by atoms with Gasteiger partial charge in [0.15, 0.2) is 5.58 Å². The zero-order chi connectivity index (χ0) is 26.2. The first-order valence-corrected chi connectivity index (χ1v) is 12.5. The van der Waals surface area contributed by atoms with E-state index in [9.17, 15) is 4.79 Å². The van der Waals surface area contributed by atoms with Crippen molar-refractivity contribution in [2.45, 2.75) is 26.2 Å². The van der Waals surface area contributed by atoms with Crippen LogP contribution in [0, 0.1) is 0 Å². The van der Waals surface area contributed by atoms with Crippen LogP contribution in [0.3, 0.4) is 0 Å². The van der Waals surface area contributed by atoms with E-state index < -0.39 is 0 Å². The van der Waals surface area contributed by atoms with Crippen molar-refractivity contribution < 1.29 is 13.6 Å². The lowest BCUT2D eigenvalue weighted by atomic mass is 9.87. The van der Waals surface area contributed by atoms with Crippen LogP contribution in [0.5, 0.6) is 0 Å². The summed E-state index contributed by atoms with van der Waals surface area (Å²) < 4.78 is 11.7. The van der Waals surface area contributed by atoms with Gasteiger partial charge in [-0.3, -0.25) is 4.79 Å². The Balaban J connectivity index is 1.27. The summed E-state index contributed by atoms with van der Waals surface area (Å²) >= 11 is 12.2. The summed E-state index contributed by atoms with van der Waals surface area (Å²) in [6, 6.07) is 22.3. The van der Waals surface area contributed by atoms with Gasteiger partial charge in [0.25, 0.3) is 0 Å².